The van der Waals surface area contributed by atoms with Gasteiger partial charge in [-0.1, -0.05) is 32.9 Å². The number of esters is 1. The fourth-order valence-corrected chi connectivity index (χ4v) is 2.96. The van der Waals surface area contributed by atoms with E-state index in [1.807, 2.05) is 24.3 Å². The van der Waals surface area contributed by atoms with Gasteiger partial charge in [0, 0.05) is 5.69 Å². The van der Waals surface area contributed by atoms with Crippen LogP contribution in [0.15, 0.2) is 47.3 Å². The summed E-state index contributed by atoms with van der Waals surface area (Å²) < 4.78 is 10.9. The van der Waals surface area contributed by atoms with Gasteiger partial charge in [-0.3, -0.25) is 4.79 Å². The Balaban J connectivity index is 1.55. The molecule has 0 bridgehead atoms. The second-order valence-corrected chi connectivity index (χ2v) is 8.44. The molecule has 3 N–H and O–H groups in total. The minimum absolute atomic E-state index is 0.0206. The Bertz CT molecular complexity index is 1140. The molecule has 2 aromatic carbocycles. The molecule has 0 radical (unpaired) electrons. The maximum atomic E-state index is 12.4. The van der Waals surface area contributed by atoms with Crippen LogP contribution in [0.25, 0.3) is 11.0 Å². The summed E-state index contributed by atoms with van der Waals surface area (Å²) in [4.78, 5) is 41.3. The second kappa shape index (κ2) is 8.67. The van der Waals surface area contributed by atoms with Gasteiger partial charge in [0.2, 0.25) is 0 Å². The molecule has 0 spiro atoms. The number of H-pyrrole nitrogens is 2. The number of fused-ring (bicyclic) bond motifs is 1. The van der Waals surface area contributed by atoms with Crippen LogP contribution < -0.4 is 15.7 Å². The first-order valence-electron chi connectivity index (χ1n) is 10.0. The fourth-order valence-electron chi connectivity index (χ4n) is 2.96. The van der Waals surface area contributed by atoms with Crippen molar-refractivity contribution in [2.24, 2.45) is 0 Å². The van der Waals surface area contributed by atoms with Crippen LogP contribution in [0.1, 0.15) is 40.2 Å². The maximum Gasteiger partial charge on any atom is 0.347 e. The van der Waals surface area contributed by atoms with E-state index in [2.05, 4.69) is 36.1 Å². The van der Waals surface area contributed by atoms with Crippen LogP contribution in [0, 0.1) is 0 Å². The number of rotatable bonds is 6. The Labute approximate surface area is 180 Å². The van der Waals surface area contributed by atoms with Crippen molar-refractivity contribution in [1.29, 1.82) is 0 Å². The lowest BCUT2D eigenvalue weighted by molar-refractivity contribution is -0.159. The molecule has 0 unspecified atom stereocenters. The van der Waals surface area contributed by atoms with Crippen molar-refractivity contribution >= 4 is 28.6 Å². The van der Waals surface area contributed by atoms with Crippen LogP contribution >= 0.6 is 0 Å². The molecule has 0 saturated heterocycles. The minimum Gasteiger partial charge on any atom is -0.479 e. The monoisotopic (exact) mass is 425 g/mol. The number of aromatic nitrogens is 2. The first kappa shape index (κ1) is 22.1. The van der Waals surface area contributed by atoms with Crippen molar-refractivity contribution in [2.45, 2.75) is 52.2 Å². The lowest BCUT2D eigenvalue weighted by Crippen LogP contribution is -2.35. The number of aromatic amines is 2. The summed E-state index contributed by atoms with van der Waals surface area (Å²) in [5, 5.41) is 2.66. The number of nitrogens with one attached hydrogen (secondary N) is 3. The highest BCUT2D eigenvalue weighted by molar-refractivity contribution is 5.96. The predicted octanol–water partition coefficient (Wildman–Crippen LogP) is 3.49. The summed E-state index contributed by atoms with van der Waals surface area (Å²) >= 11 is 0. The number of imidazole rings is 1. The van der Waals surface area contributed by atoms with E-state index < -0.39 is 24.1 Å². The summed E-state index contributed by atoms with van der Waals surface area (Å²) in [5.41, 5.74) is 2.51. The quantitative estimate of drug-likeness (QED) is 0.523. The molecule has 8 nitrogen and oxygen atoms in total. The maximum absolute atomic E-state index is 12.4. The first-order valence-corrected chi connectivity index (χ1v) is 10.0. The summed E-state index contributed by atoms with van der Waals surface area (Å²) in [7, 11) is 0. The molecule has 1 aromatic heterocycles. The first-order chi connectivity index (χ1) is 14.5. The van der Waals surface area contributed by atoms with E-state index in [9.17, 15) is 14.4 Å². The van der Waals surface area contributed by atoms with Gasteiger partial charge in [-0.2, -0.15) is 0 Å². The van der Waals surface area contributed by atoms with E-state index in [1.54, 1.807) is 25.1 Å². The molecule has 3 rings (SSSR count). The zero-order valence-corrected chi connectivity index (χ0v) is 18.2. The summed E-state index contributed by atoms with van der Waals surface area (Å²) in [6, 6.07) is 12.5. The van der Waals surface area contributed by atoms with Crippen molar-refractivity contribution in [3.05, 3.63) is 58.5 Å². The number of hydrogen-bond acceptors (Lipinski definition) is 5. The molecule has 1 amide bonds. The normalized spacial score (nSPS) is 13.5. The Morgan fingerprint density at radius 1 is 0.935 bits per heavy atom. The molecule has 164 valence electrons. The number of benzene rings is 2. The zero-order chi connectivity index (χ0) is 22.8. The third kappa shape index (κ3) is 5.53. The zero-order valence-electron chi connectivity index (χ0n) is 18.2. The Morgan fingerprint density at radius 3 is 2.23 bits per heavy atom. The molecule has 31 heavy (non-hydrogen) atoms. The molecule has 2 atom stereocenters. The van der Waals surface area contributed by atoms with Gasteiger partial charge in [-0.25, -0.2) is 9.59 Å². The highest BCUT2D eigenvalue weighted by atomic mass is 16.6. The van der Waals surface area contributed by atoms with Gasteiger partial charge < -0.3 is 24.8 Å². The molecule has 0 aliphatic heterocycles. The molecule has 3 aromatic rings. The second-order valence-electron chi connectivity index (χ2n) is 8.44. The summed E-state index contributed by atoms with van der Waals surface area (Å²) in [6.07, 6.45) is -1.90. The van der Waals surface area contributed by atoms with E-state index in [1.165, 1.54) is 6.92 Å². The molecule has 0 aliphatic rings. The minimum atomic E-state index is -1.03. The molecule has 0 fully saturated rings. The lowest BCUT2D eigenvalue weighted by atomic mass is 9.87. The van der Waals surface area contributed by atoms with Crippen LogP contribution in [-0.2, 0) is 19.7 Å². The molecule has 0 aliphatic carbocycles. The highest BCUT2D eigenvalue weighted by Crippen LogP contribution is 2.24. The largest absolute Gasteiger partial charge is 0.479 e. The third-order valence-corrected chi connectivity index (χ3v) is 4.81. The molecule has 8 heteroatoms. The van der Waals surface area contributed by atoms with Crippen molar-refractivity contribution in [1.82, 2.24) is 9.97 Å². The van der Waals surface area contributed by atoms with Crippen LogP contribution in [0.3, 0.4) is 0 Å². The number of hydrogen-bond donors (Lipinski definition) is 3. The van der Waals surface area contributed by atoms with E-state index in [0.29, 0.717) is 22.5 Å². The smallest absolute Gasteiger partial charge is 0.347 e. The van der Waals surface area contributed by atoms with Crippen molar-refractivity contribution in [3.63, 3.8) is 0 Å². The van der Waals surface area contributed by atoms with Crippen molar-refractivity contribution in [2.75, 3.05) is 5.32 Å². The van der Waals surface area contributed by atoms with Crippen LogP contribution in [0.4, 0.5) is 5.69 Å². The van der Waals surface area contributed by atoms with Crippen molar-refractivity contribution in [3.8, 4) is 5.75 Å². The van der Waals surface area contributed by atoms with Crippen LogP contribution in [-0.4, -0.2) is 34.1 Å². The molecular formula is C23H27N3O5. The van der Waals surface area contributed by atoms with Gasteiger partial charge in [-0.15, -0.1) is 0 Å². The predicted molar refractivity (Wildman–Crippen MR) is 118 cm³/mol. The van der Waals surface area contributed by atoms with Gasteiger partial charge in [0.15, 0.2) is 12.2 Å². The standard InChI is InChI=1S/C23H27N3O5/c1-13(20(27)24-16-8-11-18-19(12-16)26-22(29)25-18)31-21(28)14(2)30-17-9-6-15(7-10-17)23(3,4)5/h6-14H,1-5H3,(H,24,27)(H2,25,26,29)/t13-,14-/m1/s1. The number of carbonyl (C=O) groups is 2. The summed E-state index contributed by atoms with van der Waals surface area (Å²) in [6.45, 7) is 9.40. The van der Waals surface area contributed by atoms with Gasteiger partial charge in [0.05, 0.1) is 11.0 Å². The topological polar surface area (TPSA) is 113 Å². The van der Waals surface area contributed by atoms with E-state index in [4.69, 9.17) is 9.47 Å². The van der Waals surface area contributed by atoms with E-state index in [0.717, 1.165) is 5.56 Å². The average Bonchev–Trinajstić information content (AvgIpc) is 3.06. The lowest BCUT2D eigenvalue weighted by Gasteiger charge is -2.20. The number of carbonyl (C=O) groups excluding carboxylic acids is 2. The van der Waals surface area contributed by atoms with E-state index >= 15 is 0 Å². The van der Waals surface area contributed by atoms with Crippen LogP contribution in [0.5, 0.6) is 5.75 Å². The fraction of sp³-hybridized carbons (Fsp3) is 0.348. The number of anilines is 1. The Hall–Kier alpha value is -3.55. The van der Waals surface area contributed by atoms with Gasteiger partial charge in [0.25, 0.3) is 5.91 Å². The highest BCUT2D eigenvalue weighted by Gasteiger charge is 2.24. The van der Waals surface area contributed by atoms with Gasteiger partial charge in [-0.05, 0) is 55.2 Å². The molecular weight excluding hydrogens is 398 g/mol. The summed E-state index contributed by atoms with van der Waals surface area (Å²) in [5.74, 6) is -0.594. The number of ether oxygens (including phenoxy) is 2. The third-order valence-electron chi connectivity index (χ3n) is 4.81. The number of amides is 1. The Kier molecular flexibility index (Phi) is 6.19. The SMILES string of the molecule is C[C@@H](OC(=O)[C@@H](C)Oc1ccc(C(C)(C)C)cc1)C(=O)Nc1ccc2[nH]c(=O)[nH]c2c1. The van der Waals surface area contributed by atoms with Crippen molar-refractivity contribution < 1.29 is 19.1 Å². The average molecular weight is 425 g/mol. The van der Waals surface area contributed by atoms with Gasteiger partial charge in [0.1, 0.15) is 5.75 Å². The van der Waals surface area contributed by atoms with Crippen LogP contribution in [0.2, 0.25) is 0 Å². The Morgan fingerprint density at radius 2 is 1.58 bits per heavy atom. The molecule has 0 saturated carbocycles. The molecule has 1 heterocycles. The van der Waals surface area contributed by atoms with E-state index in [-0.39, 0.29) is 11.1 Å². The van der Waals surface area contributed by atoms with Gasteiger partial charge >= 0.3 is 11.7 Å².